The van der Waals surface area contributed by atoms with Crippen LogP contribution in [0.2, 0.25) is 0 Å². The van der Waals surface area contributed by atoms with E-state index in [1.807, 2.05) is 37.3 Å². The molecule has 2 rings (SSSR count). The first-order valence-electron chi connectivity index (χ1n) is 10.7. The summed E-state index contributed by atoms with van der Waals surface area (Å²) >= 11 is 0. The van der Waals surface area contributed by atoms with Crippen molar-refractivity contribution in [2.24, 2.45) is 0 Å². The van der Waals surface area contributed by atoms with Crippen molar-refractivity contribution in [2.45, 2.75) is 51.9 Å². The number of methoxy groups -OCH3 is 2. The van der Waals surface area contributed by atoms with Crippen molar-refractivity contribution in [1.29, 1.82) is 0 Å². The van der Waals surface area contributed by atoms with Crippen LogP contribution >= 0.6 is 0 Å². The van der Waals surface area contributed by atoms with Crippen LogP contribution in [0, 0.1) is 0 Å². The second kappa shape index (κ2) is 12.6. The number of aryl methyl sites for hydroxylation is 2. The van der Waals surface area contributed by atoms with Crippen LogP contribution in [0.5, 0.6) is 11.5 Å². The molecule has 168 valence electrons. The second-order valence-corrected chi connectivity index (χ2v) is 7.39. The van der Waals surface area contributed by atoms with E-state index in [0.29, 0.717) is 50.0 Å². The lowest BCUT2D eigenvalue weighted by molar-refractivity contribution is -0.141. The minimum atomic E-state index is -0.228. The molecule has 0 fully saturated rings. The van der Waals surface area contributed by atoms with Gasteiger partial charge >= 0.3 is 11.9 Å². The third-order valence-corrected chi connectivity index (χ3v) is 5.00. The maximum absolute atomic E-state index is 11.4. The lowest BCUT2D eigenvalue weighted by Gasteiger charge is -2.15. The lowest BCUT2D eigenvalue weighted by atomic mass is 9.96. The highest BCUT2D eigenvalue weighted by Crippen LogP contribution is 2.38. The van der Waals surface area contributed by atoms with E-state index in [9.17, 15) is 14.7 Å². The van der Waals surface area contributed by atoms with Crippen molar-refractivity contribution in [1.82, 2.24) is 0 Å². The standard InChI is InChI=1S/C25H32O6/c1-4-15-31-23-14-12-19(8-6-10-25(28)30-3)17-21(23)20-16-18(11-13-22(20)26)7-5-9-24(27)29-2/h11-14,16-17,26H,4-10,15H2,1-3H3. The van der Waals surface area contributed by atoms with Crippen LogP contribution in [0.4, 0.5) is 0 Å². The summed E-state index contributed by atoms with van der Waals surface area (Å²) in [5, 5.41) is 10.6. The van der Waals surface area contributed by atoms with E-state index in [1.54, 1.807) is 6.07 Å². The molecule has 0 aliphatic rings. The van der Waals surface area contributed by atoms with Crippen molar-refractivity contribution >= 4 is 11.9 Å². The van der Waals surface area contributed by atoms with Gasteiger partial charge in [-0.3, -0.25) is 9.59 Å². The van der Waals surface area contributed by atoms with E-state index in [0.717, 1.165) is 29.5 Å². The summed E-state index contributed by atoms with van der Waals surface area (Å²) < 4.78 is 15.3. The molecule has 0 aromatic heterocycles. The number of rotatable bonds is 12. The molecule has 1 N–H and O–H groups in total. The number of carbonyl (C=O) groups excluding carboxylic acids is 2. The molecule has 0 unspecified atom stereocenters. The molecule has 31 heavy (non-hydrogen) atoms. The molecule has 0 saturated heterocycles. The number of hydrogen-bond acceptors (Lipinski definition) is 6. The zero-order valence-electron chi connectivity index (χ0n) is 18.6. The maximum atomic E-state index is 11.4. The number of carbonyl (C=O) groups is 2. The van der Waals surface area contributed by atoms with Crippen LogP contribution in [-0.2, 0) is 31.9 Å². The van der Waals surface area contributed by atoms with E-state index in [4.69, 9.17) is 14.2 Å². The minimum absolute atomic E-state index is 0.171. The highest BCUT2D eigenvalue weighted by Gasteiger charge is 2.14. The Balaban J connectivity index is 2.27. The topological polar surface area (TPSA) is 82.1 Å². The van der Waals surface area contributed by atoms with Crippen molar-refractivity contribution in [3.05, 3.63) is 47.5 Å². The number of ether oxygens (including phenoxy) is 3. The lowest BCUT2D eigenvalue weighted by Crippen LogP contribution is -2.02. The largest absolute Gasteiger partial charge is 0.507 e. The van der Waals surface area contributed by atoms with Gasteiger partial charge in [0, 0.05) is 24.0 Å². The predicted molar refractivity (Wildman–Crippen MR) is 119 cm³/mol. The Morgan fingerprint density at radius 2 is 1.39 bits per heavy atom. The summed E-state index contributed by atoms with van der Waals surface area (Å²) in [4.78, 5) is 22.8. The minimum Gasteiger partial charge on any atom is -0.507 e. The van der Waals surface area contributed by atoms with Gasteiger partial charge in [0.05, 0.1) is 20.8 Å². The van der Waals surface area contributed by atoms with Gasteiger partial charge in [0.25, 0.3) is 0 Å². The van der Waals surface area contributed by atoms with Crippen molar-refractivity contribution in [3.8, 4) is 22.6 Å². The van der Waals surface area contributed by atoms with Gasteiger partial charge in [0.2, 0.25) is 0 Å². The first-order chi connectivity index (χ1) is 15.0. The highest BCUT2D eigenvalue weighted by atomic mass is 16.5. The molecule has 0 saturated carbocycles. The van der Waals surface area contributed by atoms with Gasteiger partial charge in [-0.05, 0) is 67.5 Å². The molecule has 0 aliphatic carbocycles. The van der Waals surface area contributed by atoms with E-state index in [-0.39, 0.29) is 17.7 Å². The molecule has 2 aromatic carbocycles. The molecule has 0 amide bonds. The summed E-state index contributed by atoms with van der Waals surface area (Å²) in [7, 11) is 2.78. The normalized spacial score (nSPS) is 10.5. The summed E-state index contributed by atoms with van der Waals surface area (Å²) in [6.45, 7) is 2.62. The average Bonchev–Trinajstić information content (AvgIpc) is 2.78. The molecule has 0 aliphatic heterocycles. The van der Waals surface area contributed by atoms with Gasteiger partial charge in [-0.15, -0.1) is 0 Å². The SMILES string of the molecule is CCCOc1ccc(CCCC(=O)OC)cc1-c1cc(CCCC(=O)OC)ccc1O. The molecular weight excluding hydrogens is 396 g/mol. The Labute approximate surface area is 184 Å². The van der Waals surface area contributed by atoms with Crippen LogP contribution in [0.1, 0.15) is 50.2 Å². The van der Waals surface area contributed by atoms with Crippen molar-refractivity contribution < 1.29 is 28.9 Å². The molecule has 0 spiro atoms. The molecular formula is C25H32O6. The maximum Gasteiger partial charge on any atom is 0.305 e. The number of hydrogen-bond donors (Lipinski definition) is 1. The van der Waals surface area contributed by atoms with E-state index in [2.05, 4.69) is 0 Å². The first-order valence-corrected chi connectivity index (χ1v) is 10.7. The quantitative estimate of drug-likeness (QED) is 0.487. The molecule has 0 radical (unpaired) electrons. The van der Waals surface area contributed by atoms with Crippen LogP contribution in [0.3, 0.4) is 0 Å². The zero-order chi connectivity index (χ0) is 22.6. The Bertz CT molecular complexity index is 874. The fourth-order valence-electron chi connectivity index (χ4n) is 3.31. The van der Waals surface area contributed by atoms with Gasteiger partial charge in [0.1, 0.15) is 11.5 Å². The number of esters is 2. The average molecular weight is 429 g/mol. The van der Waals surface area contributed by atoms with Crippen molar-refractivity contribution in [3.63, 3.8) is 0 Å². The Hall–Kier alpha value is -3.02. The van der Waals surface area contributed by atoms with E-state index >= 15 is 0 Å². The zero-order valence-corrected chi connectivity index (χ0v) is 18.6. The van der Waals surface area contributed by atoms with Crippen LogP contribution in [-0.4, -0.2) is 37.9 Å². The molecule has 6 nitrogen and oxygen atoms in total. The smallest absolute Gasteiger partial charge is 0.305 e. The van der Waals surface area contributed by atoms with Gasteiger partial charge < -0.3 is 19.3 Å². The fraction of sp³-hybridized carbons (Fsp3) is 0.440. The van der Waals surface area contributed by atoms with Gasteiger partial charge in [-0.1, -0.05) is 19.1 Å². The van der Waals surface area contributed by atoms with Crippen LogP contribution in [0.25, 0.3) is 11.1 Å². The molecule has 2 aromatic rings. The molecule has 0 atom stereocenters. The van der Waals surface area contributed by atoms with Gasteiger partial charge in [0.15, 0.2) is 0 Å². The van der Waals surface area contributed by atoms with Crippen LogP contribution < -0.4 is 4.74 Å². The Morgan fingerprint density at radius 3 is 1.94 bits per heavy atom. The summed E-state index contributed by atoms with van der Waals surface area (Å²) in [5.41, 5.74) is 3.58. The summed E-state index contributed by atoms with van der Waals surface area (Å²) in [5.74, 6) is 0.430. The monoisotopic (exact) mass is 428 g/mol. The van der Waals surface area contributed by atoms with Gasteiger partial charge in [-0.2, -0.15) is 0 Å². The third-order valence-electron chi connectivity index (χ3n) is 5.00. The van der Waals surface area contributed by atoms with E-state index < -0.39 is 0 Å². The predicted octanol–water partition coefficient (Wildman–Crippen LogP) is 4.84. The summed E-state index contributed by atoms with van der Waals surface area (Å²) in [6.07, 6.45) is 4.36. The second-order valence-electron chi connectivity index (χ2n) is 7.39. The highest BCUT2D eigenvalue weighted by molar-refractivity contribution is 5.77. The first kappa shape index (κ1) is 24.3. The Kier molecular flexibility index (Phi) is 9.88. The van der Waals surface area contributed by atoms with Crippen molar-refractivity contribution in [2.75, 3.05) is 20.8 Å². The number of phenols is 1. The third kappa shape index (κ3) is 7.63. The molecule has 6 heteroatoms. The Morgan fingerprint density at radius 1 is 0.839 bits per heavy atom. The number of benzene rings is 2. The number of phenolic OH excluding ortho intramolecular Hbond substituents is 1. The number of aromatic hydroxyl groups is 1. The summed E-state index contributed by atoms with van der Waals surface area (Å²) in [6, 6.07) is 11.4. The van der Waals surface area contributed by atoms with Crippen LogP contribution in [0.15, 0.2) is 36.4 Å². The van der Waals surface area contributed by atoms with Gasteiger partial charge in [-0.25, -0.2) is 0 Å². The fourth-order valence-corrected chi connectivity index (χ4v) is 3.31. The molecule has 0 bridgehead atoms. The molecule has 0 heterocycles. The van der Waals surface area contributed by atoms with E-state index in [1.165, 1.54) is 14.2 Å².